The first-order valence-electron chi connectivity index (χ1n) is 8.67. The molecule has 0 saturated carbocycles. The molecule has 0 aliphatic carbocycles. The zero-order valence-corrected chi connectivity index (χ0v) is 17.1. The van der Waals surface area contributed by atoms with Crippen LogP contribution in [-0.2, 0) is 28.2 Å². The second-order valence-electron chi connectivity index (χ2n) is 6.62. The Bertz CT molecular complexity index is 718. The lowest BCUT2D eigenvalue weighted by Crippen LogP contribution is -2.60. The number of carbonyl (C=O) groups excluding carboxylic acids is 3. The van der Waals surface area contributed by atoms with Crippen LogP contribution in [-0.4, -0.2) is 115 Å². The van der Waals surface area contributed by atoms with Crippen LogP contribution in [0.15, 0.2) is 0 Å². The van der Waals surface area contributed by atoms with Gasteiger partial charge in [0.25, 0.3) is 0 Å². The molecule has 5 atom stereocenters. The number of nitrogens with one attached hydrogen (secondary N) is 1. The van der Waals surface area contributed by atoms with E-state index in [0.29, 0.717) is 0 Å². The number of phosphoric acid groups is 1. The minimum absolute atomic E-state index is 0.00462. The number of hydrogen-bond donors (Lipinski definition) is 7. The molecule has 16 nitrogen and oxygen atoms in total. The quantitative estimate of drug-likeness (QED) is 0.0641. The fourth-order valence-corrected chi connectivity index (χ4v) is 3.05. The molecular weight excluding hydrogens is 449 g/mol. The number of carbonyl (C=O) groups is 4. The highest BCUT2D eigenvalue weighted by atomic mass is 31.2. The topological polar surface area (TPSA) is 244 Å². The van der Waals surface area contributed by atoms with E-state index in [1.54, 1.807) is 0 Å². The Morgan fingerprint density at radius 3 is 2.42 bits per heavy atom. The number of carboxylic acid groups (broad SMARTS) is 1. The number of rotatable bonds is 12. The van der Waals surface area contributed by atoms with E-state index in [1.165, 1.54) is 7.05 Å². The number of amides is 3. The Balaban J connectivity index is 2.72. The van der Waals surface area contributed by atoms with E-state index in [4.69, 9.17) is 19.6 Å². The first-order valence-corrected chi connectivity index (χ1v) is 10.2. The zero-order chi connectivity index (χ0) is 24.0. The third-order valence-corrected chi connectivity index (χ3v) is 4.89. The molecule has 1 rings (SSSR count). The molecule has 178 valence electrons. The van der Waals surface area contributed by atoms with Gasteiger partial charge >= 0.3 is 19.8 Å². The van der Waals surface area contributed by atoms with Crippen molar-refractivity contribution in [1.82, 2.24) is 15.3 Å². The Morgan fingerprint density at radius 1 is 1.32 bits per heavy atom. The summed E-state index contributed by atoms with van der Waals surface area (Å²) in [6, 6.07) is -2.53. The molecule has 1 aliphatic rings. The summed E-state index contributed by atoms with van der Waals surface area (Å²) in [5, 5.41) is 40.3. The number of hydrogen-bond acceptors (Lipinski definition) is 10. The van der Waals surface area contributed by atoms with Gasteiger partial charge in [0.1, 0.15) is 18.3 Å². The number of aldehydes is 1. The van der Waals surface area contributed by atoms with Crippen molar-refractivity contribution in [1.29, 1.82) is 0 Å². The Hall–Kier alpha value is -2.17. The number of aliphatic carboxylic acids is 1. The number of carboxylic acids is 1. The van der Waals surface area contributed by atoms with Gasteiger partial charge < -0.3 is 40.1 Å². The first kappa shape index (κ1) is 26.9. The summed E-state index contributed by atoms with van der Waals surface area (Å²) in [4.78, 5) is 63.8. The number of aliphatic hydroxyl groups excluding tert-OH is 2. The number of ether oxygens (including phenoxy) is 1. The highest BCUT2D eigenvalue weighted by Gasteiger charge is 2.56. The van der Waals surface area contributed by atoms with Gasteiger partial charge in [-0.3, -0.25) is 19.3 Å². The summed E-state index contributed by atoms with van der Waals surface area (Å²) >= 11 is 0. The molecule has 1 heterocycles. The van der Waals surface area contributed by atoms with Crippen molar-refractivity contribution < 1.29 is 63.3 Å². The predicted octanol–water partition coefficient (Wildman–Crippen LogP) is -3.17. The maximum atomic E-state index is 12.3. The summed E-state index contributed by atoms with van der Waals surface area (Å²) in [5.74, 6) is -1.47. The van der Waals surface area contributed by atoms with Crippen LogP contribution in [0.25, 0.3) is 0 Å². The molecule has 0 aromatic rings. The zero-order valence-electron chi connectivity index (χ0n) is 16.2. The summed E-state index contributed by atoms with van der Waals surface area (Å²) in [5.41, 5.74) is -2.45. The summed E-state index contributed by atoms with van der Waals surface area (Å²) in [6.07, 6.45) is -5.71. The van der Waals surface area contributed by atoms with Gasteiger partial charge in [0.15, 0.2) is 12.3 Å². The minimum Gasteiger partial charge on any atom is -0.480 e. The SMILES string of the molecule is CN(CCCC(C(=O)O)N(O)C=O)C(=O)N[C@]1(C=O)O[C@H](COP(=O)(O)O)[C@@H](O)[C@H]1O. The van der Waals surface area contributed by atoms with E-state index in [-0.39, 0.29) is 37.1 Å². The average molecular weight is 473 g/mol. The molecule has 1 saturated heterocycles. The first-order chi connectivity index (χ1) is 14.3. The Morgan fingerprint density at radius 2 is 1.94 bits per heavy atom. The fraction of sp³-hybridized carbons (Fsp3) is 0.714. The molecule has 1 fully saturated rings. The van der Waals surface area contributed by atoms with Crippen LogP contribution < -0.4 is 5.32 Å². The normalized spacial score (nSPS) is 26.7. The fourth-order valence-electron chi connectivity index (χ4n) is 2.71. The van der Waals surface area contributed by atoms with Gasteiger partial charge in [-0.05, 0) is 12.8 Å². The largest absolute Gasteiger partial charge is 0.480 e. The van der Waals surface area contributed by atoms with E-state index in [2.05, 4.69) is 4.52 Å². The predicted molar refractivity (Wildman–Crippen MR) is 95.2 cm³/mol. The third-order valence-electron chi connectivity index (χ3n) is 4.40. The van der Waals surface area contributed by atoms with Crippen LogP contribution in [0.1, 0.15) is 12.8 Å². The van der Waals surface area contributed by atoms with Gasteiger partial charge in [-0.25, -0.2) is 19.2 Å². The molecule has 1 aliphatic heterocycles. The molecular formula is C14H24N3O13P. The van der Waals surface area contributed by atoms with Crippen molar-refractivity contribution in [3.05, 3.63) is 0 Å². The molecule has 7 N–H and O–H groups in total. The standard InChI is InChI=1S/C14H24N3O13P/c1-16(4-2-3-8(12(22)23)17(25)7-19)13(24)15-14(6-18)11(21)10(20)9(30-14)5-29-31(26,27)28/h6-11,20-21,25H,2-5H2,1H3,(H,15,24)(H,22,23)(H2,26,27,28)/t8?,9-,10-,11-,14-/m1/s1. The maximum absolute atomic E-state index is 12.3. The molecule has 0 bridgehead atoms. The summed E-state index contributed by atoms with van der Waals surface area (Å²) in [7, 11) is -3.69. The van der Waals surface area contributed by atoms with Gasteiger partial charge in [-0.15, -0.1) is 0 Å². The maximum Gasteiger partial charge on any atom is 0.469 e. The van der Waals surface area contributed by atoms with Crippen molar-refractivity contribution in [2.24, 2.45) is 0 Å². The van der Waals surface area contributed by atoms with Gasteiger partial charge in [-0.2, -0.15) is 0 Å². The van der Waals surface area contributed by atoms with Gasteiger partial charge in [-0.1, -0.05) is 0 Å². The summed E-state index contributed by atoms with van der Waals surface area (Å²) < 4.78 is 20.1. The second kappa shape index (κ2) is 10.9. The van der Waals surface area contributed by atoms with Crippen LogP contribution in [0.4, 0.5) is 4.79 Å². The monoisotopic (exact) mass is 473 g/mol. The van der Waals surface area contributed by atoms with Crippen LogP contribution in [0.2, 0.25) is 0 Å². The van der Waals surface area contributed by atoms with Crippen molar-refractivity contribution in [3.63, 3.8) is 0 Å². The lowest BCUT2D eigenvalue weighted by atomic mass is 10.0. The van der Waals surface area contributed by atoms with Crippen molar-refractivity contribution in [2.45, 2.75) is 42.9 Å². The third kappa shape index (κ3) is 7.19. The molecule has 0 spiro atoms. The molecule has 1 unspecified atom stereocenters. The van der Waals surface area contributed by atoms with E-state index in [9.17, 15) is 39.2 Å². The lowest BCUT2D eigenvalue weighted by molar-refractivity contribution is -0.176. The highest BCUT2D eigenvalue weighted by molar-refractivity contribution is 7.46. The van der Waals surface area contributed by atoms with Crippen molar-refractivity contribution >= 4 is 32.5 Å². The number of phosphoric ester groups is 1. The van der Waals surface area contributed by atoms with E-state index < -0.39 is 56.5 Å². The van der Waals surface area contributed by atoms with E-state index in [1.807, 2.05) is 5.32 Å². The molecule has 0 aromatic heterocycles. The van der Waals surface area contributed by atoms with E-state index in [0.717, 1.165) is 4.90 Å². The second-order valence-corrected chi connectivity index (χ2v) is 7.86. The number of urea groups is 1. The van der Waals surface area contributed by atoms with Crippen LogP contribution in [0.3, 0.4) is 0 Å². The molecule has 31 heavy (non-hydrogen) atoms. The van der Waals surface area contributed by atoms with Crippen LogP contribution in [0, 0.1) is 0 Å². The number of nitrogens with zero attached hydrogens (tertiary/aromatic N) is 2. The lowest BCUT2D eigenvalue weighted by Gasteiger charge is -2.30. The highest BCUT2D eigenvalue weighted by Crippen LogP contribution is 2.38. The smallest absolute Gasteiger partial charge is 0.469 e. The molecule has 0 radical (unpaired) electrons. The van der Waals surface area contributed by atoms with E-state index >= 15 is 0 Å². The minimum atomic E-state index is -4.94. The van der Waals surface area contributed by atoms with Crippen LogP contribution >= 0.6 is 7.82 Å². The van der Waals surface area contributed by atoms with Crippen molar-refractivity contribution in [2.75, 3.05) is 20.2 Å². The van der Waals surface area contributed by atoms with Gasteiger partial charge in [0.2, 0.25) is 12.1 Å². The number of hydroxylamine groups is 2. The molecule has 3 amide bonds. The average Bonchev–Trinajstić information content (AvgIpc) is 2.93. The molecule has 0 aromatic carbocycles. The van der Waals surface area contributed by atoms with Gasteiger partial charge in [0, 0.05) is 13.6 Å². The van der Waals surface area contributed by atoms with Crippen LogP contribution in [0.5, 0.6) is 0 Å². The number of aliphatic hydroxyl groups is 2. The Kier molecular flexibility index (Phi) is 9.46. The molecule has 17 heteroatoms. The van der Waals surface area contributed by atoms with Gasteiger partial charge in [0.05, 0.1) is 6.61 Å². The summed E-state index contributed by atoms with van der Waals surface area (Å²) in [6.45, 7) is -1.00. The Labute approximate surface area is 175 Å². The van der Waals surface area contributed by atoms with Crippen molar-refractivity contribution in [3.8, 4) is 0 Å².